The Morgan fingerprint density at radius 3 is 2.24 bits per heavy atom. The van der Waals surface area contributed by atoms with Crippen LogP contribution in [0.2, 0.25) is 24.7 Å². The molecule has 1 atom stereocenters. The fourth-order valence-electron chi connectivity index (χ4n) is 3.35. The molecule has 0 saturated carbocycles. The van der Waals surface area contributed by atoms with Gasteiger partial charge in [0.1, 0.15) is 13.8 Å². The molecule has 1 saturated heterocycles. The molecule has 0 aliphatic carbocycles. The van der Waals surface area contributed by atoms with E-state index in [0.29, 0.717) is 11.6 Å². The number of halogens is 1. The van der Waals surface area contributed by atoms with E-state index in [4.69, 9.17) is 30.4 Å². The molecule has 0 N–H and O–H groups in total. The van der Waals surface area contributed by atoms with Gasteiger partial charge in [-0.15, -0.1) is 0 Å². The van der Waals surface area contributed by atoms with Crippen LogP contribution in [-0.2, 0) is 14.0 Å². The van der Waals surface area contributed by atoms with Gasteiger partial charge in [0.2, 0.25) is 0 Å². The van der Waals surface area contributed by atoms with Crippen LogP contribution >= 0.6 is 11.6 Å². The van der Waals surface area contributed by atoms with Crippen LogP contribution in [0.25, 0.3) is 10.8 Å². The van der Waals surface area contributed by atoms with E-state index < -0.39 is 26.4 Å². The van der Waals surface area contributed by atoms with E-state index in [1.807, 2.05) is 65.0 Å². The van der Waals surface area contributed by atoms with E-state index in [-0.39, 0.29) is 5.91 Å². The molecule has 0 amide bonds. The third kappa shape index (κ3) is 4.52. The number of benzene rings is 2. The lowest BCUT2D eigenvalue weighted by Crippen LogP contribution is -2.45. The maximum atomic E-state index is 6.59. The van der Waals surface area contributed by atoms with Crippen LogP contribution in [0.15, 0.2) is 30.3 Å². The van der Waals surface area contributed by atoms with Crippen molar-refractivity contribution in [3.05, 3.63) is 35.4 Å². The quantitative estimate of drug-likeness (QED) is 0.450. The van der Waals surface area contributed by atoms with Crippen molar-refractivity contribution in [2.45, 2.75) is 71.4 Å². The second kappa shape index (κ2) is 7.89. The Kier molecular flexibility index (Phi) is 6.16. The normalized spacial score (nSPS) is 19.6. The van der Waals surface area contributed by atoms with Gasteiger partial charge in [0, 0.05) is 17.0 Å². The van der Waals surface area contributed by atoms with Crippen LogP contribution in [0.5, 0.6) is 5.75 Å². The molecule has 1 aliphatic heterocycles. The van der Waals surface area contributed by atoms with Gasteiger partial charge in [-0.3, -0.25) is 0 Å². The number of ether oxygens (including phenoxy) is 2. The lowest BCUT2D eigenvalue weighted by Gasteiger charge is -2.32. The Labute approximate surface area is 181 Å². The van der Waals surface area contributed by atoms with Gasteiger partial charge in [0.15, 0.2) is 5.91 Å². The van der Waals surface area contributed by atoms with Crippen molar-refractivity contribution in [1.82, 2.24) is 0 Å². The maximum Gasteiger partial charge on any atom is 0.495 e. The van der Waals surface area contributed by atoms with Crippen LogP contribution in [0.3, 0.4) is 0 Å². The lowest BCUT2D eigenvalue weighted by atomic mass is 9.76. The average molecular weight is 435 g/mol. The Morgan fingerprint density at radius 1 is 1.07 bits per heavy atom. The van der Waals surface area contributed by atoms with Crippen molar-refractivity contribution < 1.29 is 18.8 Å². The molecule has 0 bridgehead atoms. The predicted octanol–water partition coefficient (Wildman–Crippen LogP) is 5.41. The first-order valence-corrected chi connectivity index (χ1v) is 14.2. The van der Waals surface area contributed by atoms with E-state index in [9.17, 15) is 0 Å². The number of hydrogen-bond acceptors (Lipinski definition) is 4. The molecule has 29 heavy (non-hydrogen) atoms. The largest absolute Gasteiger partial charge is 0.495 e. The highest BCUT2D eigenvalue weighted by molar-refractivity contribution is 6.77. The highest BCUT2D eigenvalue weighted by Crippen LogP contribution is 2.38. The van der Waals surface area contributed by atoms with Gasteiger partial charge in [-0.05, 0) is 63.7 Å². The van der Waals surface area contributed by atoms with Crippen LogP contribution in [-0.4, -0.2) is 38.9 Å². The molecular formula is C22H32BClO4Si. The molecule has 7 heteroatoms. The number of rotatable bonds is 6. The second-order valence-electron chi connectivity index (χ2n) is 9.71. The van der Waals surface area contributed by atoms with Crippen molar-refractivity contribution in [2.75, 3.05) is 6.61 Å². The van der Waals surface area contributed by atoms with Gasteiger partial charge in [0.05, 0.1) is 11.2 Å². The molecule has 1 fully saturated rings. The molecule has 0 aromatic heterocycles. The molecule has 1 aliphatic rings. The van der Waals surface area contributed by atoms with Gasteiger partial charge in [-0.1, -0.05) is 43.4 Å². The summed E-state index contributed by atoms with van der Waals surface area (Å²) in [7, 11) is -2.22. The zero-order chi connectivity index (χ0) is 21.6. The maximum absolute atomic E-state index is 6.59. The summed E-state index contributed by atoms with van der Waals surface area (Å²) in [6, 6.07) is 9.88. The lowest BCUT2D eigenvalue weighted by molar-refractivity contribution is -0.0233. The summed E-state index contributed by atoms with van der Waals surface area (Å²) in [5.74, 6) is 0.501. The van der Waals surface area contributed by atoms with Crippen LogP contribution in [0.4, 0.5) is 0 Å². The van der Waals surface area contributed by atoms with Gasteiger partial charge in [-0.25, -0.2) is 0 Å². The smallest absolute Gasteiger partial charge is 0.469 e. The van der Waals surface area contributed by atoms with E-state index in [2.05, 4.69) is 19.6 Å². The highest BCUT2D eigenvalue weighted by Gasteiger charge is 2.52. The summed E-state index contributed by atoms with van der Waals surface area (Å²) in [4.78, 5) is 0. The summed E-state index contributed by atoms with van der Waals surface area (Å²) >= 11 is 6.59. The molecule has 4 nitrogen and oxygen atoms in total. The molecule has 3 rings (SSSR count). The van der Waals surface area contributed by atoms with E-state index in [1.165, 1.54) is 0 Å². The molecular weight excluding hydrogens is 403 g/mol. The molecule has 158 valence electrons. The Hall–Kier alpha value is -1.05. The molecule has 2 aromatic rings. The van der Waals surface area contributed by atoms with Crippen molar-refractivity contribution in [3.63, 3.8) is 0 Å². The van der Waals surface area contributed by atoms with Gasteiger partial charge in [-0.2, -0.15) is 0 Å². The topological polar surface area (TPSA) is 36.9 Å². The Morgan fingerprint density at radius 2 is 1.69 bits per heavy atom. The zero-order valence-corrected chi connectivity index (χ0v) is 20.5. The van der Waals surface area contributed by atoms with Gasteiger partial charge < -0.3 is 18.8 Å². The van der Waals surface area contributed by atoms with Crippen LogP contribution in [0.1, 0.15) is 34.6 Å². The van der Waals surface area contributed by atoms with Crippen molar-refractivity contribution in [1.29, 1.82) is 0 Å². The van der Waals surface area contributed by atoms with Crippen molar-refractivity contribution in [3.8, 4) is 5.75 Å². The summed E-state index contributed by atoms with van der Waals surface area (Å²) in [6.45, 7) is 17.5. The van der Waals surface area contributed by atoms with Gasteiger partial charge >= 0.3 is 7.12 Å². The minimum atomic E-state index is -1.70. The first-order chi connectivity index (χ1) is 13.4. The van der Waals surface area contributed by atoms with Crippen LogP contribution in [0, 0.1) is 0 Å². The van der Waals surface area contributed by atoms with Crippen molar-refractivity contribution >= 4 is 43.0 Å². The summed E-state index contributed by atoms with van der Waals surface area (Å²) in [5, 5.41) is 2.59. The third-order valence-electron chi connectivity index (χ3n) is 5.71. The fraction of sp³-hybridized carbons (Fsp3) is 0.545. The van der Waals surface area contributed by atoms with E-state index >= 15 is 0 Å². The first-order valence-electron chi connectivity index (χ1n) is 10.2. The minimum absolute atomic E-state index is 0.240. The first kappa shape index (κ1) is 22.6. The predicted molar refractivity (Wildman–Crippen MR) is 124 cm³/mol. The number of fused-ring (bicyclic) bond motifs is 1. The van der Waals surface area contributed by atoms with Gasteiger partial charge in [0.25, 0.3) is 0 Å². The molecule has 0 radical (unpaired) electrons. The van der Waals surface area contributed by atoms with E-state index in [1.54, 1.807) is 0 Å². The monoisotopic (exact) mass is 434 g/mol. The number of hydrogen-bond donors (Lipinski definition) is 0. The minimum Gasteiger partial charge on any atom is -0.469 e. The second-order valence-corrected chi connectivity index (χ2v) is 15.3. The molecule has 1 heterocycles. The Balaban J connectivity index is 2.09. The van der Waals surface area contributed by atoms with E-state index in [0.717, 1.165) is 22.0 Å². The zero-order valence-electron chi connectivity index (χ0n) is 18.8. The highest BCUT2D eigenvalue weighted by atomic mass is 35.5. The molecule has 0 spiro atoms. The average Bonchev–Trinajstić information content (AvgIpc) is 2.81. The summed E-state index contributed by atoms with van der Waals surface area (Å²) < 4.78 is 24.9. The summed E-state index contributed by atoms with van der Waals surface area (Å²) in [6.07, 6.45) is 0. The molecule has 1 unspecified atom stereocenters. The van der Waals surface area contributed by atoms with Crippen molar-refractivity contribution in [2.24, 2.45) is 0 Å². The standard InChI is InChI=1S/C22H32BClO4Si/c1-9-25-20(29(6,7)8)26-16-13-15-11-10-12-18(24)19(15)17(14-16)23-27-21(2,3)22(4,5)28-23/h10-14,20H,9H2,1-8H3. The Bertz CT molecular complexity index is 878. The molecule has 2 aromatic carbocycles. The summed E-state index contributed by atoms with van der Waals surface area (Å²) in [5.41, 5.74) is 0.00957. The third-order valence-corrected chi connectivity index (χ3v) is 7.72. The fourth-order valence-corrected chi connectivity index (χ4v) is 4.79. The van der Waals surface area contributed by atoms with Crippen LogP contribution < -0.4 is 10.2 Å². The SMILES string of the molecule is CCOC(Oc1cc(B2OC(C)(C)C(C)(C)O2)c2c(Cl)cccc2c1)[Si](C)(C)C.